The third-order valence-electron chi connectivity index (χ3n) is 3.75. The van der Waals surface area contributed by atoms with Crippen molar-refractivity contribution in [1.82, 2.24) is 20.1 Å². The minimum Gasteiger partial charge on any atom is -0.342 e. The number of amides is 2. The van der Waals surface area contributed by atoms with Gasteiger partial charge in [-0.15, -0.1) is 11.3 Å². The quantitative estimate of drug-likeness (QED) is 0.699. The zero-order chi connectivity index (χ0) is 18.5. The fourth-order valence-corrected chi connectivity index (χ4v) is 3.47. The van der Waals surface area contributed by atoms with Crippen LogP contribution in [0.2, 0.25) is 0 Å². The van der Waals surface area contributed by atoms with Gasteiger partial charge in [0.15, 0.2) is 5.82 Å². The number of rotatable bonds is 6. The summed E-state index contributed by atoms with van der Waals surface area (Å²) >= 11 is 1.46. The van der Waals surface area contributed by atoms with Crippen LogP contribution in [-0.4, -0.2) is 33.1 Å². The molecule has 0 unspecified atom stereocenters. The largest absolute Gasteiger partial charge is 0.342 e. The Kier molecular flexibility index (Phi) is 5.43. The van der Waals surface area contributed by atoms with E-state index in [1.807, 2.05) is 13.0 Å². The second-order valence-electron chi connectivity index (χ2n) is 5.66. The average Bonchev–Trinajstić information content (AvgIpc) is 3.30. The van der Waals surface area contributed by atoms with Crippen molar-refractivity contribution in [1.29, 1.82) is 0 Å². The molecule has 0 spiro atoms. The summed E-state index contributed by atoms with van der Waals surface area (Å²) < 4.78 is 1.62. The van der Waals surface area contributed by atoms with Crippen LogP contribution in [-0.2, 0) is 11.2 Å². The van der Waals surface area contributed by atoms with E-state index in [1.54, 1.807) is 41.5 Å². The minimum absolute atomic E-state index is 0.0991. The van der Waals surface area contributed by atoms with Gasteiger partial charge in [-0.2, -0.15) is 5.10 Å². The second-order valence-corrected chi connectivity index (χ2v) is 6.79. The molecule has 3 aromatic rings. The van der Waals surface area contributed by atoms with Gasteiger partial charge in [0.2, 0.25) is 5.91 Å². The number of aryl methyl sites for hydroxylation is 2. The van der Waals surface area contributed by atoms with Crippen LogP contribution in [0, 0.1) is 6.92 Å². The van der Waals surface area contributed by atoms with Crippen molar-refractivity contribution in [3.05, 3.63) is 58.2 Å². The number of anilines is 1. The Hall–Kier alpha value is -3.00. The van der Waals surface area contributed by atoms with E-state index in [4.69, 9.17) is 0 Å². The molecule has 0 atom stereocenters. The van der Waals surface area contributed by atoms with Gasteiger partial charge in [0.05, 0.1) is 23.3 Å². The Morgan fingerprint density at radius 3 is 2.77 bits per heavy atom. The van der Waals surface area contributed by atoms with Crippen LogP contribution in [0.3, 0.4) is 0 Å². The molecule has 26 heavy (non-hydrogen) atoms. The summed E-state index contributed by atoms with van der Waals surface area (Å²) in [6.07, 6.45) is 5.89. The zero-order valence-electron chi connectivity index (χ0n) is 14.5. The first-order valence-corrected chi connectivity index (χ1v) is 9.02. The molecule has 3 rings (SSSR count). The predicted molar refractivity (Wildman–Crippen MR) is 101 cm³/mol. The molecule has 0 aliphatic heterocycles. The first kappa shape index (κ1) is 17.8. The highest BCUT2D eigenvalue weighted by Gasteiger charge is 2.13. The summed E-state index contributed by atoms with van der Waals surface area (Å²) in [4.78, 5) is 30.2. The lowest BCUT2D eigenvalue weighted by Gasteiger charge is -2.07. The van der Waals surface area contributed by atoms with Gasteiger partial charge >= 0.3 is 0 Å². The molecule has 3 heterocycles. The van der Waals surface area contributed by atoms with Gasteiger partial charge in [0, 0.05) is 17.3 Å². The lowest BCUT2D eigenvalue weighted by atomic mass is 10.2. The summed E-state index contributed by atoms with van der Waals surface area (Å²) in [5, 5.41) is 9.44. The van der Waals surface area contributed by atoms with Crippen molar-refractivity contribution in [3.8, 4) is 5.82 Å². The molecule has 0 bridgehead atoms. The molecule has 0 aliphatic rings. The highest BCUT2D eigenvalue weighted by Crippen LogP contribution is 2.22. The van der Waals surface area contributed by atoms with Crippen LogP contribution in [0.1, 0.15) is 27.0 Å². The normalized spacial score (nSPS) is 10.5. The van der Waals surface area contributed by atoms with Crippen molar-refractivity contribution in [3.63, 3.8) is 0 Å². The van der Waals surface area contributed by atoms with E-state index in [2.05, 4.69) is 27.6 Å². The maximum atomic E-state index is 12.2. The lowest BCUT2D eigenvalue weighted by Crippen LogP contribution is -2.32. The van der Waals surface area contributed by atoms with Crippen molar-refractivity contribution in [2.24, 2.45) is 0 Å². The van der Waals surface area contributed by atoms with Crippen LogP contribution in [0.5, 0.6) is 0 Å². The molecule has 7 nitrogen and oxygen atoms in total. The highest BCUT2D eigenvalue weighted by atomic mass is 32.1. The van der Waals surface area contributed by atoms with Crippen LogP contribution >= 0.6 is 11.3 Å². The predicted octanol–water partition coefficient (Wildman–Crippen LogP) is 2.57. The second kappa shape index (κ2) is 7.92. The fraction of sp³-hybridized carbons (Fsp3) is 0.222. The van der Waals surface area contributed by atoms with Crippen molar-refractivity contribution in [2.45, 2.75) is 20.3 Å². The van der Waals surface area contributed by atoms with Gasteiger partial charge < -0.3 is 10.6 Å². The Morgan fingerprint density at radius 1 is 1.31 bits per heavy atom. The number of nitrogens with one attached hydrogen (secondary N) is 2. The summed E-state index contributed by atoms with van der Waals surface area (Å²) in [6, 6.07) is 7.15. The maximum absolute atomic E-state index is 12.2. The Balaban J connectivity index is 1.53. The van der Waals surface area contributed by atoms with E-state index in [0.29, 0.717) is 16.4 Å². The summed E-state index contributed by atoms with van der Waals surface area (Å²) in [7, 11) is 0. The molecule has 134 valence electrons. The molecule has 8 heteroatoms. The number of hydrogen-bond donors (Lipinski definition) is 2. The molecule has 0 saturated heterocycles. The van der Waals surface area contributed by atoms with Crippen molar-refractivity contribution in [2.75, 3.05) is 11.9 Å². The van der Waals surface area contributed by atoms with E-state index in [9.17, 15) is 9.59 Å². The van der Waals surface area contributed by atoms with Crippen LogP contribution < -0.4 is 10.6 Å². The summed E-state index contributed by atoms with van der Waals surface area (Å²) in [5.41, 5.74) is 1.66. The number of nitrogens with zero attached hydrogens (tertiary/aromatic N) is 3. The molecule has 2 N–H and O–H groups in total. The summed E-state index contributed by atoms with van der Waals surface area (Å²) in [6.45, 7) is 3.94. The molecular weight excluding hydrogens is 350 g/mol. The molecule has 0 aliphatic carbocycles. The van der Waals surface area contributed by atoms with Gasteiger partial charge in [0.25, 0.3) is 5.91 Å². The number of carbonyl (C=O) groups excluding carboxylic acids is 2. The minimum atomic E-state index is -0.309. The topological polar surface area (TPSA) is 88.9 Å². The molecule has 2 amide bonds. The first-order chi connectivity index (χ1) is 12.6. The smallest absolute Gasteiger partial charge is 0.261 e. The fourth-order valence-electron chi connectivity index (χ4n) is 2.44. The highest BCUT2D eigenvalue weighted by molar-refractivity contribution is 7.14. The van der Waals surface area contributed by atoms with E-state index in [1.165, 1.54) is 16.2 Å². The van der Waals surface area contributed by atoms with E-state index in [0.717, 1.165) is 12.0 Å². The van der Waals surface area contributed by atoms with Gasteiger partial charge in [-0.05, 0) is 43.2 Å². The number of aromatic nitrogens is 3. The number of hydrogen-bond acceptors (Lipinski definition) is 5. The molecule has 0 aromatic carbocycles. The molecule has 0 fully saturated rings. The molecule has 0 radical (unpaired) electrons. The van der Waals surface area contributed by atoms with Gasteiger partial charge in [-0.3, -0.25) is 9.59 Å². The summed E-state index contributed by atoms with van der Waals surface area (Å²) in [5.74, 6) is 0.109. The number of pyridine rings is 1. The molecule has 0 saturated carbocycles. The standard InChI is InChI=1S/C18H19N5O2S/c1-3-14-12(2)9-15(26-14)18(25)20-11-17(24)22-13-5-6-16(19-10-13)23-8-4-7-21-23/h4-10H,3,11H2,1-2H3,(H,20,25)(H,22,24). The number of carbonyl (C=O) groups is 2. The Labute approximate surface area is 155 Å². The molecule has 3 aromatic heterocycles. The zero-order valence-corrected chi connectivity index (χ0v) is 15.3. The Morgan fingerprint density at radius 2 is 2.15 bits per heavy atom. The van der Waals surface area contributed by atoms with Gasteiger partial charge in [0.1, 0.15) is 0 Å². The first-order valence-electron chi connectivity index (χ1n) is 8.20. The van der Waals surface area contributed by atoms with Crippen LogP contribution in [0.25, 0.3) is 5.82 Å². The van der Waals surface area contributed by atoms with Gasteiger partial charge in [-0.25, -0.2) is 9.67 Å². The van der Waals surface area contributed by atoms with E-state index >= 15 is 0 Å². The average molecular weight is 369 g/mol. The Bertz CT molecular complexity index is 900. The van der Waals surface area contributed by atoms with Gasteiger partial charge in [-0.1, -0.05) is 6.92 Å². The van der Waals surface area contributed by atoms with Crippen molar-refractivity contribution >= 4 is 28.8 Å². The lowest BCUT2D eigenvalue weighted by molar-refractivity contribution is -0.115. The van der Waals surface area contributed by atoms with E-state index < -0.39 is 0 Å². The number of thiophene rings is 1. The van der Waals surface area contributed by atoms with E-state index in [-0.39, 0.29) is 18.4 Å². The third-order valence-corrected chi connectivity index (χ3v) is 5.13. The maximum Gasteiger partial charge on any atom is 0.261 e. The molecular formula is C18H19N5O2S. The van der Waals surface area contributed by atoms with Crippen molar-refractivity contribution < 1.29 is 9.59 Å². The SMILES string of the molecule is CCc1sc(C(=O)NCC(=O)Nc2ccc(-n3cccn3)nc2)cc1C. The third kappa shape index (κ3) is 4.15. The monoisotopic (exact) mass is 369 g/mol. The van der Waals surface area contributed by atoms with Crippen LogP contribution in [0.15, 0.2) is 42.9 Å². The van der Waals surface area contributed by atoms with Crippen LogP contribution in [0.4, 0.5) is 5.69 Å².